The standard InChI is InChI=1S/C19H13Cl2N3O2/c20-14-8-5-12(6-9-14)13-7-10-17(22-11-13)23-19(26)24-18(25)15-3-1-2-4-16(15)21/h1-11H,(H2,22,23,24,25,26). The van der Waals surface area contributed by atoms with E-state index in [4.69, 9.17) is 23.2 Å². The van der Waals surface area contributed by atoms with E-state index < -0.39 is 11.9 Å². The average Bonchev–Trinajstić information content (AvgIpc) is 2.63. The van der Waals surface area contributed by atoms with Crippen LogP contribution < -0.4 is 10.6 Å². The minimum Gasteiger partial charge on any atom is -0.292 e. The molecule has 1 heterocycles. The largest absolute Gasteiger partial charge is 0.327 e. The summed E-state index contributed by atoms with van der Waals surface area (Å²) >= 11 is 11.8. The van der Waals surface area contributed by atoms with Gasteiger partial charge in [0.1, 0.15) is 5.82 Å². The van der Waals surface area contributed by atoms with Gasteiger partial charge in [-0.2, -0.15) is 0 Å². The fourth-order valence-corrected chi connectivity index (χ4v) is 2.59. The molecule has 0 unspecified atom stereocenters. The number of aromatic nitrogens is 1. The lowest BCUT2D eigenvalue weighted by atomic mass is 10.1. The Labute approximate surface area is 160 Å². The van der Waals surface area contributed by atoms with E-state index in [1.165, 1.54) is 6.07 Å². The number of carbonyl (C=O) groups excluding carboxylic acids is 2. The number of rotatable bonds is 3. The van der Waals surface area contributed by atoms with E-state index in [1.807, 2.05) is 18.2 Å². The molecule has 3 rings (SSSR count). The first kappa shape index (κ1) is 17.9. The molecule has 0 saturated heterocycles. The maximum atomic E-state index is 12.0. The summed E-state index contributed by atoms with van der Waals surface area (Å²) in [5, 5.41) is 5.63. The van der Waals surface area contributed by atoms with Gasteiger partial charge < -0.3 is 0 Å². The first-order valence-electron chi connectivity index (χ1n) is 7.62. The number of hydrogen-bond acceptors (Lipinski definition) is 3. The number of benzene rings is 2. The number of anilines is 1. The van der Waals surface area contributed by atoms with E-state index in [1.54, 1.807) is 42.6 Å². The summed E-state index contributed by atoms with van der Waals surface area (Å²) in [6.45, 7) is 0. The Balaban J connectivity index is 1.63. The van der Waals surface area contributed by atoms with Crippen molar-refractivity contribution < 1.29 is 9.59 Å². The molecule has 1 aromatic heterocycles. The summed E-state index contributed by atoms with van der Waals surface area (Å²) < 4.78 is 0. The van der Waals surface area contributed by atoms with E-state index >= 15 is 0 Å². The van der Waals surface area contributed by atoms with Crippen LogP contribution in [0.3, 0.4) is 0 Å². The van der Waals surface area contributed by atoms with Gasteiger partial charge in [-0.25, -0.2) is 9.78 Å². The third-order valence-electron chi connectivity index (χ3n) is 3.53. The highest BCUT2D eigenvalue weighted by Gasteiger charge is 2.13. The van der Waals surface area contributed by atoms with Crippen LogP contribution in [0.25, 0.3) is 11.1 Å². The molecule has 2 aromatic carbocycles. The molecule has 26 heavy (non-hydrogen) atoms. The lowest BCUT2D eigenvalue weighted by Gasteiger charge is -2.08. The summed E-state index contributed by atoms with van der Waals surface area (Å²) in [7, 11) is 0. The fourth-order valence-electron chi connectivity index (χ4n) is 2.24. The predicted octanol–water partition coefficient (Wildman–Crippen LogP) is 5.02. The van der Waals surface area contributed by atoms with Crippen LogP contribution in [-0.2, 0) is 0 Å². The van der Waals surface area contributed by atoms with Crippen molar-refractivity contribution in [2.75, 3.05) is 5.32 Å². The summed E-state index contributed by atoms with van der Waals surface area (Å²) in [6.07, 6.45) is 1.62. The third-order valence-corrected chi connectivity index (χ3v) is 4.11. The average molecular weight is 386 g/mol. The lowest BCUT2D eigenvalue weighted by molar-refractivity contribution is 0.0967. The second-order valence-corrected chi connectivity index (χ2v) is 6.17. The van der Waals surface area contributed by atoms with Crippen LogP contribution in [0.5, 0.6) is 0 Å². The first-order chi connectivity index (χ1) is 12.5. The molecule has 0 aliphatic heterocycles. The van der Waals surface area contributed by atoms with Crippen LogP contribution in [0, 0.1) is 0 Å². The Hall–Kier alpha value is -2.89. The second-order valence-electron chi connectivity index (χ2n) is 5.33. The van der Waals surface area contributed by atoms with E-state index in [0.29, 0.717) is 10.8 Å². The molecule has 0 atom stereocenters. The maximum Gasteiger partial charge on any atom is 0.327 e. The highest BCUT2D eigenvalue weighted by Crippen LogP contribution is 2.21. The molecule has 0 aliphatic carbocycles. The molecule has 0 fully saturated rings. The van der Waals surface area contributed by atoms with Gasteiger partial charge in [0, 0.05) is 16.8 Å². The van der Waals surface area contributed by atoms with Crippen molar-refractivity contribution in [1.29, 1.82) is 0 Å². The topological polar surface area (TPSA) is 71.1 Å². The molecule has 0 aliphatic rings. The Kier molecular flexibility index (Phi) is 5.51. The number of urea groups is 1. The van der Waals surface area contributed by atoms with Gasteiger partial charge in [0.25, 0.3) is 5.91 Å². The number of carbonyl (C=O) groups is 2. The molecule has 7 heteroatoms. The van der Waals surface area contributed by atoms with Gasteiger partial charge in [0.05, 0.1) is 10.6 Å². The minimum atomic E-state index is -0.693. The van der Waals surface area contributed by atoms with Crippen LogP contribution in [0.4, 0.5) is 10.6 Å². The van der Waals surface area contributed by atoms with Gasteiger partial charge in [0.2, 0.25) is 0 Å². The van der Waals surface area contributed by atoms with E-state index in [0.717, 1.165) is 11.1 Å². The monoisotopic (exact) mass is 385 g/mol. The zero-order chi connectivity index (χ0) is 18.5. The summed E-state index contributed by atoms with van der Waals surface area (Å²) in [4.78, 5) is 28.2. The second kappa shape index (κ2) is 7.99. The Bertz CT molecular complexity index is 942. The number of amides is 3. The van der Waals surface area contributed by atoms with Crippen molar-refractivity contribution in [3.63, 3.8) is 0 Å². The summed E-state index contributed by atoms with van der Waals surface area (Å²) in [5.74, 6) is -0.280. The van der Waals surface area contributed by atoms with E-state index in [2.05, 4.69) is 15.6 Å². The summed E-state index contributed by atoms with van der Waals surface area (Å²) in [6, 6.07) is 16.6. The molecule has 3 aromatic rings. The lowest BCUT2D eigenvalue weighted by Crippen LogP contribution is -2.34. The smallest absolute Gasteiger partial charge is 0.292 e. The highest BCUT2D eigenvalue weighted by molar-refractivity contribution is 6.34. The zero-order valence-electron chi connectivity index (χ0n) is 13.4. The number of nitrogens with zero attached hydrogens (tertiary/aromatic N) is 1. The molecule has 2 N–H and O–H groups in total. The molecule has 5 nitrogen and oxygen atoms in total. The first-order valence-corrected chi connectivity index (χ1v) is 8.37. The molecular weight excluding hydrogens is 373 g/mol. The predicted molar refractivity (Wildman–Crippen MR) is 103 cm³/mol. The summed E-state index contributed by atoms with van der Waals surface area (Å²) in [5.41, 5.74) is 2.04. The zero-order valence-corrected chi connectivity index (χ0v) is 14.9. The Morgan fingerprint density at radius 1 is 0.846 bits per heavy atom. The highest BCUT2D eigenvalue weighted by atomic mass is 35.5. The maximum absolute atomic E-state index is 12.0. The SMILES string of the molecule is O=C(NC(=O)c1ccccc1Cl)Nc1ccc(-c2ccc(Cl)cc2)cn1. The fraction of sp³-hybridized carbons (Fsp3) is 0. The normalized spacial score (nSPS) is 10.2. The van der Waals surface area contributed by atoms with Crippen molar-refractivity contribution in [2.45, 2.75) is 0 Å². The number of nitrogens with one attached hydrogen (secondary N) is 2. The third kappa shape index (κ3) is 4.39. The molecule has 0 radical (unpaired) electrons. The van der Waals surface area contributed by atoms with Crippen molar-refractivity contribution in [1.82, 2.24) is 10.3 Å². The van der Waals surface area contributed by atoms with Gasteiger partial charge in [-0.1, -0.05) is 47.5 Å². The van der Waals surface area contributed by atoms with Crippen LogP contribution in [0.2, 0.25) is 10.0 Å². The van der Waals surface area contributed by atoms with Crippen molar-refractivity contribution in [3.05, 3.63) is 82.5 Å². The van der Waals surface area contributed by atoms with Gasteiger partial charge >= 0.3 is 6.03 Å². The van der Waals surface area contributed by atoms with Crippen molar-refractivity contribution >= 4 is 41.0 Å². The van der Waals surface area contributed by atoms with Gasteiger partial charge in [-0.05, 0) is 42.0 Å². The van der Waals surface area contributed by atoms with Crippen molar-refractivity contribution in [3.8, 4) is 11.1 Å². The number of halogens is 2. The van der Waals surface area contributed by atoms with Crippen molar-refractivity contribution in [2.24, 2.45) is 0 Å². The van der Waals surface area contributed by atoms with Gasteiger partial charge in [0.15, 0.2) is 0 Å². The minimum absolute atomic E-state index is 0.218. The Morgan fingerprint density at radius 2 is 1.54 bits per heavy atom. The quantitative estimate of drug-likeness (QED) is 0.664. The molecule has 130 valence electrons. The van der Waals surface area contributed by atoms with Gasteiger partial charge in [-0.3, -0.25) is 15.4 Å². The molecular formula is C19H13Cl2N3O2. The molecule has 0 saturated carbocycles. The Morgan fingerprint density at radius 3 is 2.19 bits per heavy atom. The van der Waals surface area contributed by atoms with Crippen LogP contribution >= 0.6 is 23.2 Å². The molecule has 3 amide bonds. The molecule has 0 spiro atoms. The van der Waals surface area contributed by atoms with Crippen LogP contribution in [0.1, 0.15) is 10.4 Å². The van der Waals surface area contributed by atoms with E-state index in [-0.39, 0.29) is 10.6 Å². The van der Waals surface area contributed by atoms with E-state index in [9.17, 15) is 9.59 Å². The number of pyridine rings is 1. The molecule has 0 bridgehead atoms. The van der Waals surface area contributed by atoms with Gasteiger partial charge in [-0.15, -0.1) is 0 Å². The number of imide groups is 1. The number of hydrogen-bond donors (Lipinski definition) is 2. The van der Waals surface area contributed by atoms with Crippen LogP contribution in [-0.4, -0.2) is 16.9 Å². The van der Waals surface area contributed by atoms with Crippen LogP contribution in [0.15, 0.2) is 66.9 Å².